The molecule has 3 atom stereocenters. The lowest BCUT2D eigenvalue weighted by molar-refractivity contribution is -0.0464. The normalized spacial score (nSPS) is 32.7. The second kappa shape index (κ2) is 5.05. The lowest BCUT2D eigenvalue weighted by atomic mass is 9.68. The van der Waals surface area contributed by atoms with Gasteiger partial charge in [-0.15, -0.1) is 0 Å². The van der Waals surface area contributed by atoms with Crippen molar-refractivity contribution in [1.29, 1.82) is 0 Å². The smallest absolute Gasteiger partial charge is 0.407 e. The van der Waals surface area contributed by atoms with Gasteiger partial charge in [-0.25, -0.2) is 4.79 Å². The number of piperidine rings is 1. The molecule has 2 fully saturated rings. The summed E-state index contributed by atoms with van der Waals surface area (Å²) in [5, 5.41) is 29.2. The molecule has 104 valence electrons. The Bertz CT molecular complexity index is 312. The van der Waals surface area contributed by atoms with Gasteiger partial charge in [-0.1, -0.05) is 6.92 Å². The van der Waals surface area contributed by atoms with E-state index in [-0.39, 0.29) is 11.3 Å². The molecule has 0 aromatic rings. The van der Waals surface area contributed by atoms with Gasteiger partial charge < -0.3 is 20.2 Å². The third-order valence-electron chi connectivity index (χ3n) is 4.92. The summed E-state index contributed by atoms with van der Waals surface area (Å²) in [4.78, 5) is 12.4. The van der Waals surface area contributed by atoms with Gasteiger partial charge in [0.1, 0.15) is 0 Å². The predicted molar refractivity (Wildman–Crippen MR) is 66.3 cm³/mol. The molecule has 1 amide bonds. The maximum Gasteiger partial charge on any atom is 0.407 e. The van der Waals surface area contributed by atoms with Crippen LogP contribution in [0.25, 0.3) is 0 Å². The summed E-state index contributed by atoms with van der Waals surface area (Å²) in [7, 11) is 0. The van der Waals surface area contributed by atoms with Crippen LogP contribution in [0.1, 0.15) is 39.0 Å². The van der Waals surface area contributed by atoms with E-state index in [1.54, 1.807) is 0 Å². The summed E-state index contributed by atoms with van der Waals surface area (Å²) < 4.78 is 0. The Kier molecular flexibility index (Phi) is 3.82. The Balaban J connectivity index is 2.09. The zero-order chi connectivity index (χ0) is 13.3. The summed E-state index contributed by atoms with van der Waals surface area (Å²) in [6.45, 7) is 2.97. The quantitative estimate of drug-likeness (QED) is 0.696. The molecule has 1 aliphatic heterocycles. The largest absolute Gasteiger partial charge is 0.465 e. The zero-order valence-electron chi connectivity index (χ0n) is 10.9. The van der Waals surface area contributed by atoms with E-state index in [0.29, 0.717) is 19.5 Å². The number of rotatable bonds is 2. The molecule has 0 bridgehead atoms. The van der Waals surface area contributed by atoms with Crippen molar-refractivity contribution in [2.75, 3.05) is 13.1 Å². The van der Waals surface area contributed by atoms with Gasteiger partial charge in [0, 0.05) is 19.0 Å². The number of hydrogen-bond donors (Lipinski definition) is 3. The van der Waals surface area contributed by atoms with E-state index in [0.717, 1.165) is 25.7 Å². The molecular weight excluding hydrogens is 234 g/mol. The second-order valence-electron chi connectivity index (χ2n) is 5.74. The molecular formula is C13H23NO4. The first kappa shape index (κ1) is 13.6. The number of aliphatic hydroxyl groups is 2. The Labute approximate surface area is 107 Å². The van der Waals surface area contributed by atoms with Gasteiger partial charge in [-0.05, 0) is 37.5 Å². The molecule has 3 N–H and O–H groups in total. The van der Waals surface area contributed by atoms with Crippen molar-refractivity contribution in [3.05, 3.63) is 0 Å². The van der Waals surface area contributed by atoms with Crippen molar-refractivity contribution in [2.24, 2.45) is 11.3 Å². The van der Waals surface area contributed by atoms with Crippen LogP contribution in [0, 0.1) is 11.3 Å². The number of hydrogen-bond acceptors (Lipinski definition) is 3. The van der Waals surface area contributed by atoms with E-state index in [1.807, 2.05) is 6.92 Å². The van der Waals surface area contributed by atoms with Gasteiger partial charge >= 0.3 is 6.09 Å². The SMILES string of the molecule is CCC(O)C1C(O)CCC12CCN(C(=O)O)CC2. The molecule has 1 heterocycles. The van der Waals surface area contributed by atoms with Crippen LogP contribution in [-0.4, -0.2) is 51.6 Å². The molecule has 2 rings (SSSR count). The zero-order valence-corrected chi connectivity index (χ0v) is 10.9. The first-order chi connectivity index (χ1) is 8.50. The van der Waals surface area contributed by atoms with Crippen molar-refractivity contribution in [3.63, 3.8) is 0 Å². The van der Waals surface area contributed by atoms with E-state index in [4.69, 9.17) is 5.11 Å². The minimum Gasteiger partial charge on any atom is -0.465 e. The molecule has 0 aromatic carbocycles. The molecule has 2 aliphatic rings. The van der Waals surface area contributed by atoms with E-state index < -0.39 is 18.3 Å². The maximum absolute atomic E-state index is 10.9. The minimum absolute atomic E-state index is 0.0548. The van der Waals surface area contributed by atoms with Gasteiger partial charge in [0.05, 0.1) is 12.2 Å². The first-order valence-electron chi connectivity index (χ1n) is 6.84. The van der Waals surface area contributed by atoms with Crippen molar-refractivity contribution in [2.45, 2.75) is 51.2 Å². The third-order valence-corrected chi connectivity index (χ3v) is 4.92. The summed E-state index contributed by atoms with van der Waals surface area (Å²) in [5.74, 6) is -0.0848. The van der Waals surface area contributed by atoms with E-state index >= 15 is 0 Å². The monoisotopic (exact) mass is 257 g/mol. The van der Waals surface area contributed by atoms with Crippen LogP contribution in [0.4, 0.5) is 4.79 Å². The highest BCUT2D eigenvalue weighted by Gasteiger charge is 2.51. The molecule has 0 radical (unpaired) electrons. The van der Waals surface area contributed by atoms with Gasteiger partial charge in [0.2, 0.25) is 0 Å². The molecule has 18 heavy (non-hydrogen) atoms. The minimum atomic E-state index is -0.865. The number of amides is 1. The number of likely N-dealkylation sites (tertiary alicyclic amines) is 1. The maximum atomic E-state index is 10.9. The lowest BCUT2D eigenvalue weighted by Gasteiger charge is -2.44. The van der Waals surface area contributed by atoms with Crippen LogP contribution in [0.2, 0.25) is 0 Å². The Morgan fingerprint density at radius 1 is 1.39 bits per heavy atom. The van der Waals surface area contributed by atoms with Crippen LogP contribution < -0.4 is 0 Å². The summed E-state index contributed by atoms with van der Waals surface area (Å²) in [5.41, 5.74) is -0.0548. The topological polar surface area (TPSA) is 81.0 Å². The van der Waals surface area contributed by atoms with Crippen LogP contribution in [0.15, 0.2) is 0 Å². The van der Waals surface area contributed by atoms with Gasteiger partial charge in [-0.3, -0.25) is 0 Å². The fraction of sp³-hybridized carbons (Fsp3) is 0.923. The summed E-state index contributed by atoms with van der Waals surface area (Å²) in [6, 6.07) is 0. The van der Waals surface area contributed by atoms with Crippen molar-refractivity contribution >= 4 is 6.09 Å². The standard InChI is InChI=1S/C13H23NO4/c1-2-9(15)11-10(16)3-4-13(11)5-7-14(8-6-13)12(17)18/h9-11,15-16H,2-8H2,1H3,(H,17,18). The van der Waals surface area contributed by atoms with Gasteiger partial charge in [0.15, 0.2) is 0 Å². The molecule has 3 unspecified atom stereocenters. The lowest BCUT2D eigenvalue weighted by Crippen LogP contribution is -2.48. The van der Waals surface area contributed by atoms with Crippen molar-refractivity contribution in [3.8, 4) is 0 Å². The molecule has 5 nitrogen and oxygen atoms in total. The number of nitrogens with zero attached hydrogens (tertiary/aromatic N) is 1. The Hall–Kier alpha value is -0.810. The Morgan fingerprint density at radius 3 is 2.50 bits per heavy atom. The molecule has 1 spiro atoms. The van der Waals surface area contributed by atoms with Crippen molar-refractivity contribution in [1.82, 2.24) is 4.90 Å². The Morgan fingerprint density at radius 2 is 2.00 bits per heavy atom. The van der Waals surface area contributed by atoms with E-state index in [1.165, 1.54) is 4.90 Å². The summed E-state index contributed by atoms with van der Waals surface area (Å²) >= 11 is 0. The second-order valence-corrected chi connectivity index (χ2v) is 5.74. The highest BCUT2D eigenvalue weighted by atomic mass is 16.4. The first-order valence-corrected chi connectivity index (χ1v) is 6.84. The fourth-order valence-electron chi connectivity index (χ4n) is 3.83. The van der Waals surface area contributed by atoms with Crippen LogP contribution >= 0.6 is 0 Å². The fourth-order valence-corrected chi connectivity index (χ4v) is 3.83. The van der Waals surface area contributed by atoms with Crippen LogP contribution in [0.5, 0.6) is 0 Å². The highest BCUT2D eigenvalue weighted by Crippen LogP contribution is 2.52. The van der Waals surface area contributed by atoms with Gasteiger partial charge in [0.25, 0.3) is 0 Å². The van der Waals surface area contributed by atoms with E-state index in [2.05, 4.69) is 0 Å². The average molecular weight is 257 g/mol. The molecule has 1 saturated heterocycles. The number of carbonyl (C=O) groups is 1. The van der Waals surface area contributed by atoms with E-state index in [9.17, 15) is 15.0 Å². The summed E-state index contributed by atoms with van der Waals surface area (Å²) in [6.07, 6.45) is 2.03. The van der Waals surface area contributed by atoms with Gasteiger partial charge in [-0.2, -0.15) is 0 Å². The van der Waals surface area contributed by atoms with Crippen LogP contribution in [-0.2, 0) is 0 Å². The predicted octanol–water partition coefficient (Wildman–Crippen LogP) is 1.29. The molecule has 0 aromatic heterocycles. The molecule has 1 saturated carbocycles. The number of carboxylic acid groups (broad SMARTS) is 1. The third kappa shape index (κ3) is 2.21. The average Bonchev–Trinajstić information content (AvgIpc) is 2.66. The highest BCUT2D eigenvalue weighted by molar-refractivity contribution is 5.65. The van der Waals surface area contributed by atoms with Crippen molar-refractivity contribution < 1.29 is 20.1 Å². The molecule has 5 heteroatoms. The molecule has 1 aliphatic carbocycles. The number of aliphatic hydroxyl groups excluding tert-OH is 2. The van der Waals surface area contributed by atoms with Crippen LogP contribution in [0.3, 0.4) is 0 Å².